The first-order chi connectivity index (χ1) is 12.6. The Balaban J connectivity index is 1.85. The minimum atomic E-state index is -0.659. The molecule has 9 heteroatoms. The quantitative estimate of drug-likeness (QED) is 0.625. The van der Waals surface area contributed by atoms with E-state index in [-0.39, 0.29) is 17.4 Å². The van der Waals surface area contributed by atoms with Crippen LogP contribution >= 0.6 is 0 Å². The van der Waals surface area contributed by atoms with Gasteiger partial charge >= 0.3 is 0 Å². The van der Waals surface area contributed by atoms with Crippen molar-refractivity contribution >= 4 is 23.3 Å². The molecule has 3 aromatic rings. The van der Waals surface area contributed by atoms with Crippen molar-refractivity contribution in [1.29, 1.82) is 0 Å². The third-order valence-electron chi connectivity index (χ3n) is 3.68. The van der Waals surface area contributed by atoms with E-state index < -0.39 is 11.9 Å². The third-order valence-corrected chi connectivity index (χ3v) is 3.68. The van der Waals surface area contributed by atoms with Crippen LogP contribution in [0.15, 0.2) is 55.1 Å². The molecule has 0 aliphatic rings. The van der Waals surface area contributed by atoms with E-state index in [1.165, 1.54) is 23.3 Å². The summed E-state index contributed by atoms with van der Waals surface area (Å²) in [4.78, 5) is 32.3. The Morgan fingerprint density at radius 2 is 1.88 bits per heavy atom. The van der Waals surface area contributed by atoms with Gasteiger partial charge in [-0.15, -0.1) is 0 Å². The van der Waals surface area contributed by atoms with Crippen molar-refractivity contribution in [2.24, 2.45) is 0 Å². The number of nitrogens with one attached hydrogen (secondary N) is 2. The summed E-state index contributed by atoms with van der Waals surface area (Å²) >= 11 is 0. The van der Waals surface area contributed by atoms with E-state index in [0.29, 0.717) is 5.69 Å². The van der Waals surface area contributed by atoms with Crippen LogP contribution < -0.4 is 16.4 Å². The SMILES string of the molecule is CNC(=O)C(c1ccccc1)n1cc(NC(=O)c2nccnc2N)cn1. The maximum atomic E-state index is 12.3. The van der Waals surface area contributed by atoms with E-state index in [2.05, 4.69) is 25.7 Å². The summed E-state index contributed by atoms with van der Waals surface area (Å²) in [6.45, 7) is 0. The lowest BCUT2D eigenvalue weighted by atomic mass is 10.1. The molecule has 0 saturated heterocycles. The van der Waals surface area contributed by atoms with Gasteiger partial charge in [0.25, 0.3) is 5.91 Å². The van der Waals surface area contributed by atoms with Gasteiger partial charge in [-0.2, -0.15) is 5.10 Å². The molecule has 0 radical (unpaired) electrons. The molecule has 0 fully saturated rings. The summed E-state index contributed by atoms with van der Waals surface area (Å²) in [5, 5.41) is 9.47. The minimum Gasteiger partial charge on any atom is -0.382 e. The Morgan fingerprint density at radius 3 is 2.58 bits per heavy atom. The minimum absolute atomic E-state index is 0.0196. The maximum absolute atomic E-state index is 12.3. The largest absolute Gasteiger partial charge is 0.382 e. The Bertz CT molecular complexity index is 924. The highest BCUT2D eigenvalue weighted by Crippen LogP contribution is 2.20. The zero-order valence-corrected chi connectivity index (χ0v) is 14.0. The second kappa shape index (κ2) is 7.43. The second-order valence-corrected chi connectivity index (χ2v) is 5.38. The normalized spacial score (nSPS) is 11.6. The molecule has 2 heterocycles. The van der Waals surface area contributed by atoms with Crippen LogP contribution in [0.25, 0.3) is 0 Å². The number of nitrogen functional groups attached to an aromatic ring is 1. The maximum Gasteiger partial charge on any atom is 0.278 e. The number of likely N-dealkylation sites (N-methyl/N-ethyl adjacent to an activating group) is 1. The van der Waals surface area contributed by atoms with Crippen LogP contribution in [0, 0.1) is 0 Å². The number of anilines is 2. The number of rotatable bonds is 5. The molecule has 9 nitrogen and oxygen atoms in total. The van der Waals surface area contributed by atoms with Gasteiger partial charge in [0.05, 0.1) is 11.9 Å². The Kier molecular flexibility index (Phi) is 4.88. The fraction of sp³-hybridized carbons (Fsp3) is 0.118. The summed E-state index contributed by atoms with van der Waals surface area (Å²) in [7, 11) is 1.56. The molecule has 2 amide bonds. The van der Waals surface area contributed by atoms with E-state index in [1.54, 1.807) is 13.2 Å². The predicted octanol–water partition coefficient (Wildman–Crippen LogP) is 0.843. The van der Waals surface area contributed by atoms with Gasteiger partial charge < -0.3 is 16.4 Å². The first-order valence-electron chi connectivity index (χ1n) is 7.78. The van der Waals surface area contributed by atoms with Crippen molar-refractivity contribution in [2.75, 3.05) is 18.1 Å². The van der Waals surface area contributed by atoms with Crippen LogP contribution in [-0.2, 0) is 4.79 Å². The van der Waals surface area contributed by atoms with E-state index in [9.17, 15) is 9.59 Å². The Morgan fingerprint density at radius 1 is 1.15 bits per heavy atom. The van der Waals surface area contributed by atoms with Crippen LogP contribution in [0.1, 0.15) is 22.1 Å². The summed E-state index contributed by atoms with van der Waals surface area (Å²) in [6, 6.07) is 8.56. The molecule has 0 aliphatic carbocycles. The van der Waals surface area contributed by atoms with Gasteiger partial charge in [0, 0.05) is 25.6 Å². The monoisotopic (exact) mass is 351 g/mol. The highest BCUT2D eigenvalue weighted by molar-refractivity contribution is 6.05. The highest BCUT2D eigenvalue weighted by Gasteiger charge is 2.23. The number of carbonyl (C=O) groups is 2. The van der Waals surface area contributed by atoms with Crippen molar-refractivity contribution in [2.45, 2.75) is 6.04 Å². The fourth-order valence-electron chi connectivity index (χ4n) is 2.45. The lowest BCUT2D eigenvalue weighted by Crippen LogP contribution is -2.30. The zero-order valence-electron chi connectivity index (χ0n) is 14.0. The number of hydrogen-bond donors (Lipinski definition) is 3. The number of nitrogens with zero attached hydrogens (tertiary/aromatic N) is 4. The molecule has 0 bridgehead atoms. The van der Waals surface area contributed by atoms with Gasteiger partial charge in [0.2, 0.25) is 5.91 Å². The van der Waals surface area contributed by atoms with Crippen molar-refractivity contribution in [3.05, 3.63) is 66.4 Å². The molecule has 1 aromatic carbocycles. The van der Waals surface area contributed by atoms with E-state index in [4.69, 9.17) is 5.73 Å². The van der Waals surface area contributed by atoms with Crippen LogP contribution in [0.4, 0.5) is 11.5 Å². The van der Waals surface area contributed by atoms with Gasteiger partial charge in [-0.25, -0.2) is 9.97 Å². The molecule has 0 spiro atoms. The topological polar surface area (TPSA) is 128 Å². The smallest absolute Gasteiger partial charge is 0.278 e. The zero-order chi connectivity index (χ0) is 18.5. The molecule has 1 atom stereocenters. The molecule has 26 heavy (non-hydrogen) atoms. The molecule has 0 aliphatic heterocycles. The first-order valence-corrected chi connectivity index (χ1v) is 7.78. The Labute approximate surface area is 149 Å². The molecule has 1 unspecified atom stereocenters. The molecule has 3 rings (SSSR count). The number of aromatic nitrogens is 4. The summed E-state index contributed by atoms with van der Waals surface area (Å²) in [5.41, 5.74) is 6.85. The molecule has 2 aromatic heterocycles. The standard InChI is InChI=1S/C17H17N7O2/c1-19-17(26)14(11-5-3-2-4-6-11)24-10-12(9-22-24)23-16(25)13-15(18)21-8-7-20-13/h2-10,14H,1H3,(H2,18,21)(H,19,26)(H,23,25). The van der Waals surface area contributed by atoms with Gasteiger partial charge in [0.15, 0.2) is 17.6 Å². The van der Waals surface area contributed by atoms with Crippen molar-refractivity contribution < 1.29 is 9.59 Å². The van der Waals surface area contributed by atoms with Gasteiger partial charge in [-0.1, -0.05) is 30.3 Å². The Hall–Kier alpha value is -3.75. The van der Waals surface area contributed by atoms with Crippen molar-refractivity contribution in [1.82, 2.24) is 25.1 Å². The van der Waals surface area contributed by atoms with Crippen LogP contribution in [0.5, 0.6) is 0 Å². The number of hydrogen-bond acceptors (Lipinski definition) is 6. The molecule has 4 N–H and O–H groups in total. The van der Waals surface area contributed by atoms with Crippen LogP contribution in [0.3, 0.4) is 0 Å². The number of nitrogens with two attached hydrogens (primary N) is 1. The molecular weight excluding hydrogens is 334 g/mol. The third kappa shape index (κ3) is 3.51. The van der Waals surface area contributed by atoms with Gasteiger partial charge in [-0.05, 0) is 5.56 Å². The molecule has 0 saturated carbocycles. The van der Waals surface area contributed by atoms with Crippen molar-refractivity contribution in [3.63, 3.8) is 0 Å². The first kappa shape index (κ1) is 17.1. The second-order valence-electron chi connectivity index (χ2n) is 5.38. The average molecular weight is 351 g/mol. The van der Waals surface area contributed by atoms with Gasteiger partial charge in [0.1, 0.15) is 0 Å². The highest BCUT2D eigenvalue weighted by atomic mass is 16.2. The number of benzene rings is 1. The summed E-state index contributed by atoms with van der Waals surface area (Å²) in [5.74, 6) is -0.702. The fourth-order valence-corrected chi connectivity index (χ4v) is 2.45. The van der Waals surface area contributed by atoms with Crippen LogP contribution in [-0.4, -0.2) is 38.6 Å². The van der Waals surface area contributed by atoms with E-state index >= 15 is 0 Å². The van der Waals surface area contributed by atoms with E-state index in [1.807, 2.05) is 30.3 Å². The average Bonchev–Trinajstić information content (AvgIpc) is 3.10. The number of amides is 2. The molecular formula is C17H17N7O2. The lowest BCUT2D eigenvalue weighted by molar-refractivity contribution is -0.122. The predicted molar refractivity (Wildman–Crippen MR) is 95.3 cm³/mol. The summed E-state index contributed by atoms with van der Waals surface area (Å²) < 4.78 is 1.48. The molecule has 132 valence electrons. The van der Waals surface area contributed by atoms with Crippen LogP contribution in [0.2, 0.25) is 0 Å². The van der Waals surface area contributed by atoms with Gasteiger partial charge in [-0.3, -0.25) is 14.3 Å². The van der Waals surface area contributed by atoms with Crippen molar-refractivity contribution in [3.8, 4) is 0 Å². The summed E-state index contributed by atoms with van der Waals surface area (Å²) in [6.07, 6.45) is 5.80. The number of carbonyl (C=O) groups excluding carboxylic acids is 2. The lowest BCUT2D eigenvalue weighted by Gasteiger charge is -2.16. The van der Waals surface area contributed by atoms with E-state index in [0.717, 1.165) is 5.56 Å².